The summed E-state index contributed by atoms with van der Waals surface area (Å²) in [6, 6.07) is 2.03. The normalized spacial score (nSPS) is 11.5. The second-order valence-electron chi connectivity index (χ2n) is 6.44. The zero-order valence-corrected chi connectivity index (χ0v) is 15.8. The molecule has 5 heterocycles. The van der Waals surface area contributed by atoms with Crippen LogP contribution in [0.2, 0.25) is 0 Å². The van der Waals surface area contributed by atoms with Gasteiger partial charge in [-0.1, -0.05) is 0 Å². The van der Waals surface area contributed by atoms with Gasteiger partial charge in [0.2, 0.25) is 0 Å². The summed E-state index contributed by atoms with van der Waals surface area (Å²) in [5.74, 6) is -0.408. The molecule has 144 valence electrons. The number of fused-ring (bicyclic) bond motifs is 3. The van der Waals surface area contributed by atoms with Crippen LogP contribution in [0.3, 0.4) is 0 Å². The zero-order valence-electron chi connectivity index (χ0n) is 15.0. The average molecular weight is 409 g/mol. The van der Waals surface area contributed by atoms with Crippen molar-refractivity contribution in [2.24, 2.45) is 7.05 Å². The van der Waals surface area contributed by atoms with Crippen molar-refractivity contribution in [2.45, 2.75) is 13.0 Å². The highest BCUT2D eigenvalue weighted by Crippen LogP contribution is 2.31. The highest BCUT2D eigenvalue weighted by Gasteiger charge is 2.19. The van der Waals surface area contributed by atoms with E-state index in [0.29, 0.717) is 38.5 Å². The number of nitrogens with one attached hydrogen (secondary N) is 2. The minimum atomic E-state index is -0.408. The molecule has 0 aliphatic heterocycles. The Morgan fingerprint density at radius 2 is 2.03 bits per heavy atom. The second kappa shape index (κ2) is 6.35. The largest absolute Gasteiger partial charge is 0.323 e. The van der Waals surface area contributed by atoms with Crippen molar-refractivity contribution in [3.05, 3.63) is 56.7 Å². The fourth-order valence-corrected chi connectivity index (χ4v) is 4.39. The predicted molar refractivity (Wildman–Crippen MR) is 102 cm³/mol. The van der Waals surface area contributed by atoms with Gasteiger partial charge in [0.1, 0.15) is 16.6 Å². The topological polar surface area (TPSA) is 134 Å². The van der Waals surface area contributed by atoms with Gasteiger partial charge in [0.05, 0.1) is 46.8 Å². The van der Waals surface area contributed by atoms with Gasteiger partial charge < -0.3 is 4.57 Å². The molecule has 0 saturated heterocycles. The summed E-state index contributed by atoms with van der Waals surface area (Å²) >= 11 is 1.39. The maximum absolute atomic E-state index is 13.7. The van der Waals surface area contributed by atoms with Gasteiger partial charge in [0.25, 0.3) is 5.56 Å². The summed E-state index contributed by atoms with van der Waals surface area (Å²) < 4.78 is 17.5. The monoisotopic (exact) mass is 409 g/mol. The van der Waals surface area contributed by atoms with E-state index in [2.05, 4.69) is 30.5 Å². The summed E-state index contributed by atoms with van der Waals surface area (Å²) in [6.07, 6.45) is 4.43. The maximum atomic E-state index is 13.7. The third-order valence-electron chi connectivity index (χ3n) is 4.71. The number of nitrogens with zero attached hydrogens (tertiary/aromatic N) is 7. The number of hydrogen-bond acceptors (Lipinski definition) is 7. The summed E-state index contributed by atoms with van der Waals surface area (Å²) in [4.78, 5) is 17.6. The molecule has 0 aliphatic carbocycles. The molecule has 0 unspecified atom stereocenters. The van der Waals surface area contributed by atoms with E-state index in [1.165, 1.54) is 22.2 Å². The van der Waals surface area contributed by atoms with Crippen LogP contribution < -0.4 is 5.56 Å². The molecule has 0 aliphatic rings. The summed E-state index contributed by atoms with van der Waals surface area (Å²) in [5, 5.41) is 27.6. The fraction of sp³-hybridized carbons (Fsp3) is 0.176. The first kappa shape index (κ1) is 17.3. The smallest absolute Gasteiger partial charge is 0.291 e. The van der Waals surface area contributed by atoms with Crippen molar-refractivity contribution in [2.75, 3.05) is 0 Å². The molecule has 10 nitrogen and oxygen atoms in total. The van der Waals surface area contributed by atoms with Gasteiger partial charge in [-0.05, 0) is 0 Å². The van der Waals surface area contributed by atoms with E-state index in [0.717, 1.165) is 10.9 Å². The zero-order chi connectivity index (χ0) is 20.1. The number of nitriles is 1. The van der Waals surface area contributed by atoms with Crippen molar-refractivity contribution in [3.63, 3.8) is 0 Å². The van der Waals surface area contributed by atoms with Gasteiger partial charge >= 0.3 is 0 Å². The molecule has 0 saturated carbocycles. The number of aromatic amines is 2. The molecule has 0 bridgehead atoms. The molecule has 29 heavy (non-hydrogen) atoms. The molecule has 0 radical (unpaired) electrons. The van der Waals surface area contributed by atoms with Crippen LogP contribution >= 0.6 is 11.3 Å². The summed E-state index contributed by atoms with van der Waals surface area (Å²) in [6.45, 7) is 0.105. The van der Waals surface area contributed by atoms with E-state index in [9.17, 15) is 9.18 Å². The number of thiazole rings is 1. The molecule has 5 aromatic heterocycles. The SMILES string of the molecule is Cn1c2nc(Cc3[nH]ncc3F)sc2c2cnn(Cc3[nH]ncc3C#N)c(=O)c21. The summed E-state index contributed by atoms with van der Waals surface area (Å²) in [7, 11) is 1.76. The number of hydrogen-bond donors (Lipinski definition) is 2. The van der Waals surface area contributed by atoms with Crippen LogP contribution in [-0.4, -0.2) is 39.7 Å². The van der Waals surface area contributed by atoms with E-state index in [1.807, 2.05) is 6.07 Å². The van der Waals surface area contributed by atoms with Crippen LogP contribution in [0.15, 0.2) is 23.4 Å². The highest BCUT2D eigenvalue weighted by molar-refractivity contribution is 7.19. The third kappa shape index (κ3) is 2.63. The number of halogens is 1. The Morgan fingerprint density at radius 3 is 2.79 bits per heavy atom. The molecule has 0 spiro atoms. The van der Waals surface area contributed by atoms with Gasteiger partial charge in [0, 0.05) is 18.9 Å². The first-order chi connectivity index (χ1) is 14.1. The van der Waals surface area contributed by atoms with Gasteiger partial charge in [-0.2, -0.15) is 20.6 Å². The number of H-pyrrole nitrogens is 2. The van der Waals surface area contributed by atoms with Crippen LogP contribution in [-0.2, 0) is 20.0 Å². The molecule has 2 N–H and O–H groups in total. The van der Waals surface area contributed by atoms with Crippen molar-refractivity contribution in [3.8, 4) is 6.07 Å². The van der Waals surface area contributed by atoms with E-state index in [4.69, 9.17) is 5.26 Å². The Balaban J connectivity index is 1.59. The van der Waals surface area contributed by atoms with Gasteiger partial charge in [-0.25, -0.2) is 14.1 Å². The predicted octanol–water partition coefficient (Wildman–Crippen LogP) is 1.44. The minimum Gasteiger partial charge on any atom is -0.323 e. The van der Waals surface area contributed by atoms with Crippen LogP contribution in [0.4, 0.5) is 4.39 Å². The van der Waals surface area contributed by atoms with Crippen LogP contribution in [0.5, 0.6) is 0 Å². The van der Waals surface area contributed by atoms with E-state index < -0.39 is 5.82 Å². The molecular weight excluding hydrogens is 397 g/mol. The van der Waals surface area contributed by atoms with Crippen molar-refractivity contribution >= 4 is 32.6 Å². The molecule has 0 fully saturated rings. The average Bonchev–Trinajstić information content (AvgIpc) is 3.46. The molecule has 0 aromatic carbocycles. The second-order valence-corrected chi connectivity index (χ2v) is 7.52. The lowest BCUT2D eigenvalue weighted by atomic mass is 10.2. The first-order valence-corrected chi connectivity index (χ1v) is 9.32. The van der Waals surface area contributed by atoms with Gasteiger partial charge in [0.15, 0.2) is 11.5 Å². The Kier molecular flexibility index (Phi) is 3.78. The number of rotatable bonds is 4. The van der Waals surface area contributed by atoms with Crippen LogP contribution in [0.1, 0.15) is 22.0 Å². The molecule has 5 aromatic rings. The Bertz CT molecular complexity index is 1480. The van der Waals surface area contributed by atoms with Crippen molar-refractivity contribution in [1.82, 2.24) is 39.7 Å². The standard InChI is InChI=1S/C17H12FN9OS/c1-26-14-9(5-22-27(17(14)28)7-12-8(3-19)4-20-25-12)15-16(26)23-13(29-15)2-11-10(18)6-21-24-11/h4-6H,2,7H2,1H3,(H,20,25)(H,21,24). The quantitative estimate of drug-likeness (QED) is 0.461. The third-order valence-corrected chi connectivity index (χ3v) is 5.79. The first-order valence-electron chi connectivity index (χ1n) is 8.50. The van der Waals surface area contributed by atoms with Gasteiger partial charge in [-0.15, -0.1) is 11.3 Å². The number of aromatic nitrogens is 8. The van der Waals surface area contributed by atoms with Crippen molar-refractivity contribution < 1.29 is 4.39 Å². The lowest BCUT2D eigenvalue weighted by molar-refractivity contribution is 0.614. The van der Waals surface area contributed by atoms with E-state index in [1.54, 1.807) is 17.8 Å². The minimum absolute atomic E-state index is 0.105. The molecule has 12 heteroatoms. The van der Waals surface area contributed by atoms with Crippen LogP contribution in [0, 0.1) is 17.1 Å². The van der Waals surface area contributed by atoms with Gasteiger partial charge in [-0.3, -0.25) is 15.0 Å². The Labute approximate surface area is 165 Å². The summed E-state index contributed by atoms with van der Waals surface area (Å²) in [5.41, 5.74) is 2.04. The Morgan fingerprint density at radius 1 is 1.24 bits per heavy atom. The van der Waals surface area contributed by atoms with Crippen LogP contribution in [0.25, 0.3) is 21.3 Å². The Hall–Kier alpha value is -3.85. The van der Waals surface area contributed by atoms with Crippen molar-refractivity contribution in [1.29, 1.82) is 5.26 Å². The highest BCUT2D eigenvalue weighted by atomic mass is 32.1. The fourth-order valence-electron chi connectivity index (χ4n) is 3.27. The maximum Gasteiger partial charge on any atom is 0.291 e. The van der Waals surface area contributed by atoms with E-state index >= 15 is 0 Å². The van der Waals surface area contributed by atoms with E-state index in [-0.39, 0.29) is 18.5 Å². The lowest BCUT2D eigenvalue weighted by Crippen LogP contribution is -2.25. The molecule has 0 atom stereocenters. The number of aryl methyl sites for hydroxylation is 1. The lowest BCUT2D eigenvalue weighted by Gasteiger charge is -2.04. The molecule has 5 rings (SSSR count). The molecular formula is C17H12FN9OS. The molecule has 0 amide bonds.